The monoisotopic (exact) mass is 348 g/mol. The predicted molar refractivity (Wildman–Crippen MR) is 100.0 cm³/mol. The fourth-order valence-corrected chi connectivity index (χ4v) is 2.50. The molecule has 3 rings (SSSR count). The van der Waals surface area contributed by atoms with Gasteiger partial charge < -0.3 is 10.2 Å². The highest BCUT2D eigenvalue weighted by molar-refractivity contribution is 6.08. The van der Waals surface area contributed by atoms with Gasteiger partial charge in [0.1, 0.15) is 5.82 Å². The fourth-order valence-electron chi connectivity index (χ4n) is 2.50. The van der Waals surface area contributed by atoms with Crippen molar-refractivity contribution in [3.8, 4) is 0 Å². The van der Waals surface area contributed by atoms with Crippen LogP contribution in [-0.4, -0.2) is 18.9 Å². The Kier molecular flexibility index (Phi) is 5.08. The second kappa shape index (κ2) is 7.61. The van der Waals surface area contributed by atoms with Crippen molar-refractivity contribution in [2.75, 3.05) is 17.3 Å². The molecule has 0 aliphatic heterocycles. The van der Waals surface area contributed by atoms with E-state index < -0.39 is 5.82 Å². The smallest absolute Gasteiger partial charge is 0.258 e. The maximum atomic E-state index is 13.0. The number of para-hydroxylation sites is 1. The zero-order valence-electron chi connectivity index (χ0n) is 14.1. The first-order valence-corrected chi connectivity index (χ1v) is 8.05. The highest BCUT2D eigenvalue weighted by atomic mass is 19.1. The van der Waals surface area contributed by atoms with E-state index in [1.54, 1.807) is 36.2 Å². The summed E-state index contributed by atoms with van der Waals surface area (Å²) >= 11 is 0. The Morgan fingerprint density at radius 1 is 0.846 bits per heavy atom. The van der Waals surface area contributed by atoms with Gasteiger partial charge in [-0.25, -0.2) is 4.39 Å². The van der Waals surface area contributed by atoms with Crippen molar-refractivity contribution in [3.05, 3.63) is 95.8 Å². The first kappa shape index (κ1) is 17.4. The normalized spacial score (nSPS) is 10.2. The molecule has 0 aliphatic carbocycles. The Balaban J connectivity index is 1.76. The molecule has 0 fully saturated rings. The lowest BCUT2D eigenvalue weighted by molar-refractivity contribution is 0.0990. The van der Waals surface area contributed by atoms with Crippen molar-refractivity contribution in [2.45, 2.75) is 0 Å². The van der Waals surface area contributed by atoms with E-state index in [0.29, 0.717) is 16.8 Å². The van der Waals surface area contributed by atoms with Crippen molar-refractivity contribution in [3.63, 3.8) is 0 Å². The number of nitrogens with one attached hydrogen (secondary N) is 1. The van der Waals surface area contributed by atoms with Gasteiger partial charge in [-0.2, -0.15) is 0 Å². The molecule has 4 nitrogen and oxygen atoms in total. The minimum Gasteiger partial charge on any atom is -0.322 e. The van der Waals surface area contributed by atoms with Crippen molar-refractivity contribution in [2.24, 2.45) is 0 Å². The molecule has 130 valence electrons. The summed E-state index contributed by atoms with van der Waals surface area (Å²) in [4.78, 5) is 26.4. The second-order valence-electron chi connectivity index (χ2n) is 5.74. The molecule has 5 heteroatoms. The minimum atomic E-state index is -0.405. The summed E-state index contributed by atoms with van der Waals surface area (Å²) in [6.45, 7) is 0. The number of carbonyl (C=O) groups excluding carboxylic acids is 2. The van der Waals surface area contributed by atoms with Crippen LogP contribution in [0.2, 0.25) is 0 Å². The third-order valence-corrected chi connectivity index (χ3v) is 3.92. The van der Waals surface area contributed by atoms with Crippen LogP contribution in [0.15, 0.2) is 78.9 Å². The summed E-state index contributed by atoms with van der Waals surface area (Å²) in [5.74, 6) is -0.960. The molecule has 0 bridgehead atoms. The number of halogens is 1. The van der Waals surface area contributed by atoms with Crippen LogP contribution in [0, 0.1) is 5.82 Å². The van der Waals surface area contributed by atoms with Gasteiger partial charge in [-0.05, 0) is 54.6 Å². The molecule has 0 unspecified atom stereocenters. The fraction of sp³-hybridized carbons (Fsp3) is 0.0476. The zero-order valence-corrected chi connectivity index (χ0v) is 14.1. The predicted octanol–water partition coefficient (Wildman–Crippen LogP) is 4.35. The van der Waals surface area contributed by atoms with Gasteiger partial charge in [-0.3, -0.25) is 9.59 Å². The van der Waals surface area contributed by atoms with Gasteiger partial charge in [0.2, 0.25) is 0 Å². The Hall–Kier alpha value is -3.47. The number of nitrogens with zero attached hydrogens (tertiary/aromatic N) is 1. The number of benzene rings is 3. The number of hydrogen-bond donors (Lipinski definition) is 1. The molecular weight excluding hydrogens is 331 g/mol. The lowest BCUT2D eigenvalue weighted by Gasteiger charge is -2.17. The average Bonchev–Trinajstić information content (AvgIpc) is 2.68. The lowest BCUT2D eigenvalue weighted by atomic mass is 10.1. The molecule has 26 heavy (non-hydrogen) atoms. The van der Waals surface area contributed by atoms with Crippen LogP contribution in [0.5, 0.6) is 0 Å². The average molecular weight is 348 g/mol. The third kappa shape index (κ3) is 3.95. The Morgan fingerprint density at radius 2 is 1.54 bits per heavy atom. The summed E-state index contributed by atoms with van der Waals surface area (Å²) in [5.41, 5.74) is 2.06. The van der Waals surface area contributed by atoms with Crippen LogP contribution < -0.4 is 10.2 Å². The quantitative estimate of drug-likeness (QED) is 0.762. The Labute approximate surface area is 150 Å². The highest BCUT2D eigenvalue weighted by Crippen LogP contribution is 2.18. The Bertz CT molecular complexity index is 924. The van der Waals surface area contributed by atoms with Gasteiger partial charge in [-0.15, -0.1) is 0 Å². The number of hydrogen-bond acceptors (Lipinski definition) is 2. The lowest BCUT2D eigenvalue weighted by Crippen LogP contribution is -2.26. The highest BCUT2D eigenvalue weighted by Gasteiger charge is 2.14. The molecule has 0 aliphatic rings. The van der Waals surface area contributed by atoms with E-state index in [2.05, 4.69) is 5.32 Å². The molecule has 1 N–H and O–H groups in total. The molecule has 0 saturated carbocycles. The van der Waals surface area contributed by atoms with Gasteiger partial charge >= 0.3 is 0 Å². The molecular formula is C21H17FN2O2. The number of rotatable bonds is 4. The summed E-state index contributed by atoms with van der Waals surface area (Å²) in [6, 6.07) is 21.3. The molecule has 0 saturated heterocycles. The summed E-state index contributed by atoms with van der Waals surface area (Å²) in [7, 11) is 1.70. The molecule has 0 atom stereocenters. The SMILES string of the molecule is CN(C(=O)c1cccc(NC(=O)c2ccc(F)cc2)c1)c1ccccc1. The molecule has 3 aromatic carbocycles. The van der Waals surface area contributed by atoms with E-state index in [9.17, 15) is 14.0 Å². The number of carbonyl (C=O) groups is 2. The van der Waals surface area contributed by atoms with Crippen LogP contribution in [-0.2, 0) is 0 Å². The summed E-state index contributed by atoms with van der Waals surface area (Å²) < 4.78 is 13.0. The molecule has 0 spiro atoms. The first-order valence-electron chi connectivity index (χ1n) is 8.05. The molecule has 0 aromatic heterocycles. The molecule has 3 aromatic rings. The van der Waals surface area contributed by atoms with Crippen LogP contribution in [0.3, 0.4) is 0 Å². The van der Waals surface area contributed by atoms with Gasteiger partial charge in [0.15, 0.2) is 0 Å². The largest absolute Gasteiger partial charge is 0.322 e. The minimum absolute atomic E-state index is 0.186. The van der Waals surface area contributed by atoms with Crippen LogP contribution in [0.25, 0.3) is 0 Å². The van der Waals surface area contributed by atoms with Gasteiger partial charge in [0.05, 0.1) is 0 Å². The van der Waals surface area contributed by atoms with Crippen molar-refractivity contribution >= 4 is 23.2 Å². The molecule has 0 heterocycles. The maximum absolute atomic E-state index is 13.0. The second-order valence-corrected chi connectivity index (χ2v) is 5.74. The van der Waals surface area contributed by atoms with Crippen LogP contribution >= 0.6 is 0 Å². The first-order chi connectivity index (χ1) is 12.5. The van der Waals surface area contributed by atoms with Gasteiger partial charge in [0, 0.05) is 29.5 Å². The summed E-state index contributed by atoms with van der Waals surface area (Å²) in [5, 5.41) is 2.72. The van der Waals surface area contributed by atoms with Gasteiger partial charge in [-0.1, -0.05) is 24.3 Å². The summed E-state index contributed by atoms with van der Waals surface area (Å²) in [6.07, 6.45) is 0. The Morgan fingerprint density at radius 3 is 2.23 bits per heavy atom. The van der Waals surface area contributed by atoms with Crippen molar-refractivity contribution < 1.29 is 14.0 Å². The number of amides is 2. The van der Waals surface area contributed by atoms with Crippen LogP contribution in [0.1, 0.15) is 20.7 Å². The number of anilines is 2. The van der Waals surface area contributed by atoms with E-state index in [-0.39, 0.29) is 11.8 Å². The third-order valence-electron chi connectivity index (χ3n) is 3.92. The van der Waals surface area contributed by atoms with E-state index in [4.69, 9.17) is 0 Å². The molecule has 2 amide bonds. The standard InChI is InChI=1S/C21H17FN2O2/c1-24(19-8-3-2-4-9-19)21(26)16-6-5-7-18(14-16)23-20(25)15-10-12-17(22)13-11-15/h2-14H,1H3,(H,23,25). The van der Waals surface area contributed by atoms with E-state index in [1.807, 2.05) is 30.3 Å². The van der Waals surface area contributed by atoms with E-state index >= 15 is 0 Å². The van der Waals surface area contributed by atoms with E-state index in [0.717, 1.165) is 5.69 Å². The maximum Gasteiger partial charge on any atom is 0.258 e. The molecule has 0 radical (unpaired) electrons. The topological polar surface area (TPSA) is 49.4 Å². The van der Waals surface area contributed by atoms with Crippen molar-refractivity contribution in [1.29, 1.82) is 0 Å². The van der Waals surface area contributed by atoms with Crippen molar-refractivity contribution in [1.82, 2.24) is 0 Å². The van der Waals surface area contributed by atoms with E-state index in [1.165, 1.54) is 24.3 Å². The van der Waals surface area contributed by atoms with Crippen LogP contribution in [0.4, 0.5) is 15.8 Å². The zero-order chi connectivity index (χ0) is 18.5. The van der Waals surface area contributed by atoms with Gasteiger partial charge in [0.25, 0.3) is 11.8 Å².